The van der Waals surface area contributed by atoms with Crippen LogP contribution >= 0.6 is 21.6 Å². The Bertz CT molecular complexity index is 1280. The first-order chi connectivity index (χ1) is 23.8. The lowest BCUT2D eigenvalue weighted by Gasteiger charge is -2.35. The van der Waals surface area contributed by atoms with Gasteiger partial charge in [0, 0.05) is 11.5 Å². The van der Waals surface area contributed by atoms with Crippen LogP contribution in [0.2, 0.25) is 0 Å². The van der Waals surface area contributed by atoms with E-state index < -0.39 is 24.1 Å². The van der Waals surface area contributed by atoms with Crippen LogP contribution < -0.4 is 5.73 Å². The minimum absolute atomic E-state index is 0.0176. The molecule has 0 spiro atoms. The van der Waals surface area contributed by atoms with Crippen LogP contribution in [0.5, 0.6) is 0 Å². The Labute approximate surface area is 303 Å². The van der Waals surface area contributed by atoms with Crippen molar-refractivity contribution in [2.24, 2.45) is 41.2 Å². The monoisotopic (exact) mass is 711 g/mol. The van der Waals surface area contributed by atoms with Gasteiger partial charge in [0.05, 0.1) is 24.7 Å². The number of hydrogen-bond donors (Lipinski definition) is 5. The van der Waals surface area contributed by atoms with E-state index in [0.717, 1.165) is 62.0 Å². The Morgan fingerprint density at radius 3 is 2.37 bits per heavy atom. The average Bonchev–Trinajstić information content (AvgIpc) is 3.09. The lowest BCUT2D eigenvalue weighted by molar-refractivity contribution is -0.149. The predicted molar refractivity (Wildman–Crippen MR) is 205 cm³/mol. The van der Waals surface area contributed by atoms with Crippen molar-refractivity contribution in [2.75, 3.05) is 12.3 Å². The van der Waals surface area contributed by atoms with Crippen LogP contribution in [0.3, 0.4) is 0 Å². The summed E-state index contributed by atoms with van der Waals surface area (Å²) < 4.78 is 0. The number of carboxylic acids is 1. The summed E-state index contributed by atoms with van der Waals surface area (Å²) in [5.41, 5.74) is 10.9. The molecule has 1 heterocycles. The van der Waals surface area contributed by atoms with Crippen molar-refractivity contribution in [2.45, 2.75) is 115 Å². The van der Waals surface area contributed by atoms with Gasteiger partial charge in [0.2, 0.25) is 0 Å². The molecule has 0 bridgehead atoms. The molecule has 1 saturated carbocycles. The summed E-state index contributed by atoms with van der Waals surface area (Å²) in [6.07, 6.45) is 15.6. The minimum Gasteiger partial charge on any atom is -0.481 e. The number of fused-ring (bicyclic) bond motifs is 1. The highest BCUT2D eigenvalue weighted by molar-refractivity contribution is 8.76. The van der Waals surface area contributed by atoms with E-state index in [2.05, 4.69) is 42.5 Å². The highest BCUT2D eigenvalue weighted by Crippen LogP contribution is 2.40. The molecule has 1 aliphatic carbocycles. The van der Waals surface area contributed by atoms with Gasteiger partial charge in [-0.25, -0.2) is 0 Å². The summed E-state index contributed by atoms with van der Waals surface area (Å²) in [5, 5.41) is 42.0. The molecule has 6 N–H and O–H groups in total. The lowest BCUT2D eigenvalue weighted by atomic mass is 9.71. The molecule has 272 valence electrons. The summed E-state index contributed by atoms with van der Waals surface area (Å²) in [6.45, 7) is 2.11. The normalized spacial score (nSPS) is 25.2. The Kier molecular flexibility index (Phi) is 17.6. The van der Waals surface area contributed by atoms with Gasteiger partial charge in [0.1, 0.15) is 0 Å². The quantitative estimate of drug-likeness (QED) is 0.104. The molecule has 7 atom stereocenters. The van der Waals surface area contributed by atoms with Crippen LogP contribution in [0.15, 0.2) is 60.7 Å². The van der Waals surface area contributed by atoms with E-state index in [4.69, 9.17) is 5.73 Å². The fourth-order valence-electron chi connectivity index (χ4n) is 8.49. The van der Waals surface area contributed by atoms with Gasteiger partial charge in [0.15, 0.2) is 0 Å². The van der Waals surface area contributed by atoms with E-state index in [0.29, 0.717) is 30.7 Å². The third-order valence-electron chi connectivity index (χ3n) is 11.2. The zero-order chi connectivity index (χ0) is 35.0. The molecule has 0 saturated heterocycles. The smallest absolute Gasteiger partial charge is 0.309 e. The number of aliphatic hydroxyl groups excluding tert-OH is 3. The molecule has 6 nitrogen and oxygen atoms in total. The van der Waals surface area contributed by atoms with Crippen molar-refractivity contribution in [3.8, 4) is 0 Å². The first-order valence-electron chi connectivity index (χ1n) is 18.7. The Morgan fingerprint density at radius 2 is 1.65 bits per heavy atom. The summed E-state index contributed by atoms with van der Waals surface area (Å²) in [6, 6.07) is 16.8. The van der Waals surface area contributed by atoms with Crippen molar-refractivity contribution in [3.63, 3.8) is 0 Å². The van der Waals surface area contributed by atoms with E-state index in [-0.39, 0.29) is 18.4 Å². The van der Waals surface area contributed by atoms with E-state index >= 15 is 0 Å². The maximum absolute atomic E-state index is 12.7. The summed E-state index contributed by atoms with van der Waals surface area (Å²) in [7, 11) is 3.82. The molecular weight excluding hydrogens is 651 g/mol. The Hall–Kier alpha value is -1.81. The number of rotatable bonds is 13. The highest BCUT2D eigenvalue weighted by Gasteiger charge is 2.37. The molecule has 2 aliphatic rings. The molecule has 1 fully saturated rings. The van der Waals surface area contributed by atoms with Crippen molar-refractivity contribution >= 4 is 27.6 Å². The van der Waals surface area contributed by atoms with Gasteiger partial charge >= 0.3 is 5.97 Å². The fraction of sp³-hybridized carbons (Fsp3) is 0.634. The van der Waals surface area contributed by atoms with Gasteiger partial charge < -0.3 is 26.2 Å². The van der Waals surface area contributed by atoms with Crippen LogP contribution in [-0.4, -0.2) is 50.9 Å². The number of aryl methyl sites for hydroxylation is 1. The lowest BCUT2D eigenvalue weighted by Crippen LogP contribution is -2.38. The standard InChI is InChI=1S/C41H61NO5S2/c1-29(44)40(41(46)47)39-20-19-33-13-5-6-14-36(33)27-48-49-28-37(24-31-11-7-12-32(23-31)26-43)34(17-18-35(39)21-22-42)15-8-16-38(45)25-30-9-3-2-4-10-30/h5-8,11-14,16,23,29-30,34-35,37-40,43-45H,2-4,9-10,15,17-22,24-28,42H2,1H3,(H,46,47)/b16-8-/t29-,34+,35-,37+,38-,39-,40-/m0/s1. The number of aliphatic hydroxyl groups is 3. The summed E-state index contributed by atoms with van der Waals surface area (Å²) in [5.74, 6) is 1.19. The van der Waals surface area contributed by atoms with Gasteiger partial charge in [-0.3, -0.25) is 4.79 Å². The third-order valence-corrected chi connectivity index (χ3v) is 13.6. The third kappa shape index (κ3) is 13.0. The molecule has 1 aliphatic heterocycles. The second-order valence-corrected chi connectivity index (χ2v) is 17.2. The molecule has 4 rings (SSSR count). The van der Waals surface area contributed by atoms with E-state index in [1.54, 1.807) is 6.92 Å². The largest absolute Gasteiger partial charge is 0.481 e. The SMILES string of the molecule is C[C@H](O)[C@H](C(=O)O)[C@H]1CCc2ccccc2CSSC[C@@H](Cc2cccc(CO)c2)[C@H](C/C=C\[C@H](O)CC2CCCCC2)CC[C@H]1CCN. The molecular formula is C41H61NO5S2. The molecule has 49 heavy (non-hydrogen) atoms. The highest BCUT2D eigenvalue weighted by atomic mass is 33.1. The van der Waals surface area contributed by atoms with Gasteiger partial charge in [-0.05, 0) is 117 Å². The van der Waals surface area contributed by atoms with Crippen molar-refractivity contribution in [3.05, 3.63) is 82.9 Å². The zero-order valence-electron chi connectivity index (χ0n) is 29.5. The molecule has 2 aromatic rings. The molecule has 8 heteroatoms. The number of carboxylic acid groups (broad SMARTS) is 1. The maximum Gasteiger partial charge on any atom is 0.309 e. The van der Waals surface area contributed by atoms with E-state index in [9.17, 15) is 25.2 Å². The van der Waals surface area contributed by atoms with Gasteiger partial charge in [-0.1, -0.05) is 114 Å². The van der Waals surface area contributed by atoms with Crippen molar-refractivity contribution in [1.82, 2.24) is 0 Å². The molecule has 0 unspecified atom stereocenters. The van der Waals surface area contributed by atoms with Crippen LogP contribution in [0.1, 0.15) is 99.8 Å². The molecule has 0 aromatic heterocycles. The zero-order valence-corrected chi connectivity index (χ0v) is 31.1. The van der Waals surface area contributed by atoms with Crippen LogP contribution in [0, 0.1) is 35.5 Å². The molecule has 2 aromatic carbocycles. The minimum atomic E-state index is -0.959. The van der Waals surface area contributed by atoms with Crippen LogP contribution in [0.4, 0.5) is 0 Å². The predicted octanol–water partition coefficient (Wildman–Crippen LogP) is 8.20. The maximum atomic E-state index is 12.7. The number of carbonyl (C=O) groups is 1. The topological polar surface area (TPSA) is 124 Å². The van der Waals surface area contributed by atoms with Crippen molar-refractivity contribution < 1.29 is 25.2 Å². The van der Waals surface area contributed by atoms with Crippen LogP contribution in [-0.2, 0) is 30.0 Å². The number of nitrogens with two attached hydrogens (primary N) is 1. The van der Waals surface area contributed by atoms with E-state index in [1.165, 1.54) is 48.8 Å². The van der Waals surface area contributed by atoms with Crippen molar-refractivity contribution in [1.29, 1.82) is 0 Å². The first-order valence-corrected chi connectivity index (χ1v) is 21.2. The van der Waals surface area contributed by atoms with E-state index in [1.807, 2.05) is 39.8 Å². The Morgan fingerprint density at radius 1 is 0.918 bits per heavy atom. The second kappa shape index (κ2) is 21.5. The molecule has 0 radical (unpaired) electrons. The summed E-state index contributed by atoms with van der Waals surface area (Å²) in [4.78, 5) is 12.7. The van der Waals surface area contributed by atoms with Gasteiger partial charge in [-0.2, -0.15) is 0 Å². The van der Waals surface area contributed by atoms with Crippen LogP contribution in [0.25, 0.3) is 0 Å². The fourth-order valence-corrected chi connectivity index (χ4v) is 11.1. The number of hydrogen-bond acceptors (Lipinski definition) is 7. The number of aliphatic carboxylic acids is 1. The number of allylic oxidation sites excluding steroid dienone is 1. The first kappa shape index (κ1) is 40.0. The van der Waals surface area contributed by atoms with Gasteiger partial charge in [-0.15, -0.1) is 0 Å². The Balaban J connectivity index is 1.65. The van der Waals surface area contributed by atoms with Gasteiger partial charge in [0.25, 0.3) is 0 Å². The average molecular weight is 712 g/mol. The second-order valence-electron chi connectivity index (χ2n) is 14.7. The number of benzene rings is 2. The molecule has 0 amide bonds. The summed E-state index contributed by atoms with van der Waals surface area (Å²) >= 11 is 0.